The molecule has 1 aliphatic rings. The van der Waals surface area contributed by atoms with E-state index in [-0.39, 0.29) is 11.9 Å². The van der Waals surface area contributed by atoms with Gasteiger partial charge in [0.1, 0.15) is 6.33 Å². The minimum absolute atomic E-state index is 0.00854. The topological polar surface area (TPSA) is 87.1 Å². The third kappa shape index (κ3) is 2.93. The standard InChI is InChI=1S/C21H22N6O/c1-13-8-15(11-27-20(13)24-12-25-27)14-2-3-17-18(10-23-19(17)9-14)21(28)26-16-4-6-22-7-5-16/h2-3,8-12,16,22-23H,4-7H2,1H3,(H,26,28). The maximum absolute atomic E-state index is 12.7. The summed E-state index contributed by atoms with van der Waals surface area (Å²) in [5.41, 5.74) is 5.71. The molecular weight excluding hydrogens is 352 g/mol. The van der Waals surface area contributed by atoms with Crippen molar-refractivity contribution >= 4 is 22.5 Å². The number of nitrogens with zero attached hydrogens (tertiary/aromatic N) is 3. The smallest absolute Gasteiger partial charge is 0.253 e. The SMILES string of the molecule is Cc1cc(-c2ccc3c(C(=O)NC4CCNCC4)c[nH]c3c2)cn2ncnc12. The molecule has 1 saturated heterocycles. The number of hydrogen-bond donors (Lipinski definition) is 3. The summed E-state index contributed by atoms with van der Waals surface area (Å²) in [6.45, 7) is 3.94. The van der Waals surface area contributed by atoms with Crippen LogP contribution < -0.4 is 10.6 Å². The Hall–Kier alpha value is -3.19. The molecule has 1 amide bonds. The van der Waals surface area contributed by atoms with E-state index in [4.69, 9.17) is 0 Å². The lowest BCUT2D eigenvalue weighted by Crippen LogP contribution is -2.42. The molecule has 0 aliphatic carbocycles. The highest BCUT2D eigenvalue weighted by Crippen LogP contribution is 2.27. The number of fused-ring (bicyclic) bond motifs is 2. The Labute approximate surface area is 162 Å². The summed E-state index contributed by atoms with van der Waals surface area (Å²) in [5.74, 6) is -0.00854. The number of piperidine rings is 1. The van der Waals surface area contributed by atoms with Gasteiger partial charge in [-0.3, -0.25) is 4.79 Å². The van der Waals surface area contributed by atoms with Crippen LogP contribution in [0.2, 0.25) is 0 Å². The Kier molecular flexibility index (Phi) is 4.09. The molecule has 4 heterocycles. The predicted octanol–water partition coefficient (Wildman–Crippen LogP) is 2.67. The van der Waals surface area contributed by atoms with Crippen molar-refractivity contribution in [3.05, 3.63) is 54.1 Å². The normalized spacial score (nSPS) is 15.3. The molecule has 0 bridgehead atoms. The highest BCUT2D eigenvalue weighted by atomic mass is 16.1. The van der Waals surface area contributed by atoms with Crippen LogP contribution in [0.15, 0.2) is 43.0 Å². The lowest BCUT2D eigenvalue weighted by atomic mass is 10.0. The summed E-state index contributed by atoms with van der Waals surface area (Å²) in [4.78, 5) is 20.3. The number of carbonyl (C=O) groups excluding carboxylic acids is 1. The van der Waals surface area contributed by atoms with Crippen molar-refractivity contribution in [2.75, 3.05) is 13.1 Å². The molecule has 1 fully saturated rings. The van der Waals surface area contributed by atoms with Crippen molar-refractivity contribution in [1.29, 1.82) is 0 Å². The lowest BCUT2D eigenvalue weighted by Gasteiger charge is -2.23. The zero-order valence-electron chi connectivity index (χ0n) is 15.7. The van der Waals surface area contributed by atoms with Crippen LogP contribution in [0.25, 0.3) is 27.7 Å². The van der Waals surface area contributed by atoms with Crippen LogP contribution >= 0.6 is 0 Å². The zero-order valence-corrected chi connectivity index (χ0v) is 15.7. The van der Waals surface area contributed by atoms with E-state index in [9.17, 15) is 4.79 Å². The van der Waals surface area contributed by atoms with E-state index < -0.39 is 0 Å². The van der Waals surface area contributed by atoms with Gasteiger partial charge in [0, 0.05) is 34.9 Å². The Balaban J connectivity index is 1.46. The lowest BCUT2D eigenvalue weighted by molar-refractivity contribution is 0.0931. The van der Waals surface area contributed by atoms with Gasteiger partial charge >= 0.3 is 0 Å². The van der Waals surface area contributed by atoms with Gasteiger partial charge in [0.25, 0.3) is 5.91 Å². The molecule has 1 aromatic carbocycles. The monoisotopic (exact) mass is 374 g/mol. The highest BCUT2D eigenvalue weighted by molar-refractivity contribution is 6.07. The van der Waals surface area contributed by atoms with Crippen molar-refractivity contribution in [3.8, 4) is 11.1 Å². The van der Waals surface area contributed by atoms with Crippen molar-refractivity contribution < 1.29 is 4.79 Å². The minimum atomic E-state index is -0.00854. The molecule has 0 atom stereocenters. The van der Waals surface area contributed by atoms with E-state index in [1.807, 2.05) is 19.2 Å². The Morgan fingerprint density at radius 2 is 2.07 bits per heavy atom. The molecular formula is C21H22N6O. The molecule has 3 N–H and O–H groups in total. The van der Waals surface area contributed by atoms with Crippen LogP contribution in [0.5, 0.6) is 0 Å². The number of rotatable bonds is 3. The Morgan fingerprint density at radius 1 is 1.21 bits per heavy atom. The summed E-state index contributed by atoms with van der Waals surface area (Å²) in [7, 11) is 0. The number of carbonyl (C=O) groups is 1. The summed E-state index contributed by atoms with van der Waals surface area (Å²) >= 11 is 0. The molecule has 4 aromatic rings. The number of nitrogens with one attached hydrogen (secondary N) is 3. The molecule has 7 heteroatoms. The Bertz CT molecular complexity index is 1170. The fraction of sp³-hybridized carbons (Fsp3) is 0.286. The zero-order chi connectivity index (χ0) is 19.1. The van der Waals surface area contributed by atoms with E-state index in [0.717, 1.165) is 59.2 Å². The quantitative estimate of drug-likeness (QED) is 0.515. The van der Waals surface area contributed by atoms with Crippen LogP contribution in [0.3, 0.4) is 0 Å². The molecule has 7 nitrogen and oxygen atoms in total. The number of aromatic nitrogens is 4. The molecule has 3 aromatic heterocycles. The third-order valence-electron chi connectivity index (χ3n) is 5.49. The molecule has 0 spiro atoms. The van der Waals surface area contributed by atoms with Gasteiger partial charge in [-0.05, 0) is 56.1 Å². The van der Waals surface area contributed by atoms with Crippen LogP contribution in [-0.2, 0) is 0 Å². The molecule has 1 aliphatic heterocycles. The minimum Gasteiger partial charge on any atom is -0.360 e. The number of aryl methyl sites for hydroxylation is 1. The number of benzene rings is 1. The third-order valence-corrected chi connectivity index (χ3v) is 5.49. The summed E-state index contributed by atoms with van der Waals surface area (Å²) in [5, 5.41) is 11.7. The van der Waals surface area contributed by atoms with Gasteiger partial charge in [0.05, 0.1) is 5.56 Å². The molecule has 142 valence electrons. The second-order valence-electron chi connectivity index (χ2n) is 7.40. The van der Waals surface area contributed by atoms with Crippen molar-refractivity contribution in [2.45, 2.75) is 25.8 Å². The molecule has 0 saturated carbocycles. The summed E-state index contributed by atoms with van der Waals surface area (Å²) in [6, 6.07) is 8.50. The number of amides is 1. The van der Waals surface area contributed by atoms with E-state index >= 15 is 0 Å². The van der Waals surface area contributed by atoms with Gasteiger partial charge in [-0.2, -0.15) is 5.10 Å². The Morgan fingerprint density at radius 3 is 2.93 bits per heavy atom. The first kappa shape index (κ1) is 16.9. The number of pyridine rings is 1. The van der Waals surface area contributed by atoms with Crippen molar-refractivity contribution in [2.24, 2.45) is 0 Å². The van der Waals surface area contributed by atoms with Gasteiger partial charge in [-0.25, -0.2) is 9.50 Å². The molecule has 28 heavy (non-hydrogen) atoms. The first-order chi connectivity index (χ1) is 13.7. The van der Waals surface area contributed by atoms with Crippen molar-refractivity contribution in [1.82, 2.24) is 30.2 Å². The van der Waals surface area contributed by atoms with Gasteiger partial charge in [0.15, 0.2) is 5.65 Å². The number of hydrogen-bond acceptors (Lipinski definition) is 4. The summed E-state index contributed by atoms with van der Waals surface area (Å²) in [6.07, 6.45) is 7.29. The highest BCUT2D eigenvalue weighted by Gasteiger charge is 2.19. The van der Waals surface area contributed by atoms with Gasteiger partial charge < -0.3 is 15.6 Å². The second kappa shape index (κ2) is 6.76. The van der Waals surface area contributed by atoms with E-state index in [2.05, 4.69) is 43.9 Å². The predicted molar refractivity (Wildman–Crippen MR) is 108 cm³/mol. The molecule has 5 rings (SSSR count). The van der Waals surface area contributed by atoms with Crippen LogP contribution in [0.4, 0.5) is 0 Å². The first-order valence-corrected chi connectivity index (χ1v) is 9.62. The summed E-state index contributed by atoms with van der Waals surface area (Å²) < 4.78 is 1.79. The van der Waals surface area contributed by atoms with E-state index in [1.165, 1.54) is 0 Å². The van der Waals surface area contributed by atoms with Crippen LogP contribution in [0, 0.1) is 6.92 Å². The van der Waals surface area contributed by atoms with E-state index in [1.54, 1.807) is 17.0 Å². The average molecular weight is 374 g/mol. The molecule has 0 unspecified atom stereocenters. The average Bonchev–Trinajstić information content (AvgIpc) is 3.35. The fourth-order valence-electron chi connectivity index (χ4n) is 3.97. The fourth-order valence-corrected chi connectivity index (χ4v) is 3.97. The van der Waals surface area contributed by atoms with Crippen LogP contribution in [-0.4, -0.2) is 44.6 Å². The van der Waals surface area contributed by atoms with Gasteiger partial charge in [0.2, 0.25) is 0 Å². The second-order valence-corrected chi connectivity index (χ2v) is 7.40. The van der Waals surface area contributed by atoms with Gasteiger partial charge in [-0.1, -0.05) is 12.1 Å². The first-order valence-electron chi connectivity index (χ1n) is 9.62. The number of aromatic amines is 1. The van der Waals surface area contributed by atoms with Gasteiger partial charge in [-0.15, -0.1) is 0 Å². The maximum Gasteiger partial charge on any atom is 0.253 e. The van der Waals surface area contributed by atoms with Crippen LogP contribution in [0.1, 0.15) is 28.8 Å². The molecule has 0 radical (unpaired) electrons. The van der Waals surface area contributed by atoms with Crippen molar-refractivity contribution in [3.63, 3.8) is 0 Å². The largest absolute Gasteiger partial charge is 0.360 e. The maximum atomic E-state index is 12.7. The number of H-pyrrole nitrogens is 1. The van der Waals surface area contributed by atoms with E-state index in [0.29, 0.717) is 5.56 Å².